The van der Waals surface area contributed by atoms with Crippen LogP contribution in [0, 0.1) is 6.92 Å². The number of fused-ring (bicyclic) bond motifs is 3. The monoisotopic (exact) mass is 194 g/mol. The second kappa shape index (κ2) is 3.02. The van der Waals surface area contributed by atoms with Crippen molar-refractivity contribution < 1.29 is 0 Å². The van der Waals surface area contributed by atoms with Crippen LogP contribution in [0.2, 0.25) is 0 Å². The van der Waals surface area contributed by atoms with Gasteiger partial charge in [0.1, 0.15) is 0 Å². The van der Waals surface area contributed by atoms with Gasteiger partial charge in [0.25, 0.3) is 0 Å². The van der Waals surface area contributed by atoms with E-state index in [-0.39, 0.29) is 0 Å². The molecule has 72 valence electrons. The maximum Gasteiger partial charge on any atom is 0.0936 e. The number of hydrogen-bond donors (Lipinski definition) is 0. The Morgan fingerprint density at radius 1 is 0.800 bits per heavy atom. The van der Waals surface area contributed by atoms with E-state index in [9.17, 15) is 0 Å². The van der Waals surface area contributed by atoms with Crippen LogP contribution in [0.25, 0.3) is 21.8 Å². The van der Waals surface area contributed by atoms with E-state index < -0.39 is 0 Å². The predicted octanol–water partition coefficient (Wildman–Crippen LogP) is 3.09. The Morgan fingerprint density at radius 2 is 1.53 bits per heavy atom. The van der Waals surface area contributed by atoms with E-state index in [4.69, 9.17) is 0 Å². The molecule has 0 radical (unpaired) electrons. The average Bonchev–Trinajstić information content (AvgIpc) is 2.29. The zero-order valence-electron chi connectivity index (χ0n) is 8.44. The van der Waals surface area contributed by atoms with Crippen LogP contribution in [0.3, 0.4) is 0 Å². The molecular formula is C13H10N2. The highest BCUT2D eigenvalue weighted by Crippen LogP contribution is 2.22. The first kappa shape index (κ1) is 8.36. The maximum atomic E-state index is 4.20. The van der Waals surface area contributed by atoms with E-state index in [2.05, 4.69) is 35.3 Å². The van der Waals surface area contributed by atoms with Crippen LogP contribution in [0.1, 0.15) is 5.56 Å². The molecule has 0 saturated carbocycles. The van der Waals surface area contributed by atoms with Crippen LogP contribution in [0.5, 0.6) is 0 Å². The Balaban J connectivity index is 2.57. The zero-order valence-corrected chi connectivity index (χ0v) is 8.44. The molecule has 0 amide bonds. The van der Waals surface area contributed by atoms with E-state index in [0.29, 0.717) is 0 Å². The lowest BCUT2D eigenvalue weighted by atomic mass is 10.1. The second-order valence-electron chi connectivity index (χ2n) is 3.74. The molecule has 1 heterocycles. The maximum absolute atomic E-state index is 4.20. The molecule has 0 bridgehead atoms. The first-order valence-electron chi connectivity index (χ1n) is 4.96. The summed E-state index contributed by atoms with van der Waals surface area (Å²) in [7, 11) is 0. The van der Waals surface area contributed by atoms with Crippen molar-refractivity contribution in [3.05, 3.63) is 48.0 Å². The van der Waals surface area contributed by atoms with Gasteiger partial charge in [0.05, 0.1) is 11.0 Å². The van der Waals surface area contributed by atoms with Crippen molar-refractivity contribution >= 4 is 21.8 Å². The van der Waals surface area contributed by atoms with Crippen LogP contribution in [0.15, 0.2) is 42.5 Å². The molecular weight excluding hydrogens is 184 g/mol. The number of hydrogen-bond acceptors (Lipinski definition) is 2. The molecule has 0 unspecified atom stereocenters. The van der Waals surface area contributed by atoms with Gasteiger partial charge in [-0.3, -0.25) is 0 Å². The minimum Gasteiger partial charge on any atom is -0.150 e. The number of benzene rings is 2. The third-order valence-corrected chi connectivity index (χ3v) is 2.61. The molecule has 2 aromatic carbocycles. The van der Waals surface area contributed by atoms with Gasteiger partial charge in [-0.2, -0.15) is 0 Å². The van der Waals surface area contributed by atoms with Crippen LogP contribution >= 0.6 is 0 Å². The van der Waals surface area contributed by atoms with Crippen molar-refractivity contribution in [1.82, 2.24) is 10.2 Å². The number of rotatable bonds is 0. The summed E-state index contributed by atoms with van der Waals surface area (Å²) in [4.78, 5) is 0. The fourth-order valence-electron chi connectivity index (χ4n) is 1.85. The number of aromatic nitrogens is 2. The van der Waals surface area contributed by atoms with Crippen LogP contribution in [-0.4, -0.2) is 10.2 Å². The molecule has 0 saturated heterocycles. The molecule has 0 aliphatic heterocycles. The molecule has 0 aliphatic carbocycles. The van der Waals surface area contributed by atoms with Gasteiger partial charge in [0.15, 0.2) is 0 Å². The van der Waals surface area contributed by atoms with Crippen LogP contribution in [-0.2, 0) is 0 Å². The van der Waals surface area contributed by atoms with Gasteiger partial charge in [0, 0.05) is 10.8 Å². The highest BCUT2D eigenvalue weighted by Gasteiger charge is 2.01. The van der Waals surface area contributed by atoms with Crippen molar-refractivity contribution in [2.75, 3.05) is 0 Å². The summed E-state index contributed by atoms with van der Waals surface area (Å²) in [5.41, 5.74) is 3.16. The third-order valence-electron chi connectivity index (χ3n) is 2.61. The molecule has 1 aromatic heterocycles. The first-order valence-corrected chi connectivity index (χ1v) is 4.96. The summed E-state index contributed by atoms with van der Waals surface area (Å²) in [5, 5.41) is 10.7. The fourth-order valence-corrected chi connectivity index (χ4v) is 1.85. The predicted molar refractivity (Wildman–Crippen MR) is 61.8 cm³/mol. The smallest absolute Gasteiger partial charge is 0.0936 e. The van der Waals surface area contributed by atoms with E-state index in [1.54, 1.807) is 0 Å². The van der Waals surface area contributed by atoms with Gasteiger partial charge < -0.3 is 0 Å². The Labute approximate surface area is 87.6 Å². The van der Waals surface area contributed by atoms with Crippen molar-refractivity contribution in [3.8, 4) is 0 Å². The fraction of sp³-hybridized carbons (Fsp3) is 0.0769. The van der Waals surface area contributed by atoms with Gasteiger partial charge >= 0.3 is 0 Å². The molecule has 3 rings (SSSR count). The Kier molecular flexibility index (Phi) is 1.68. The molecule has 2 heteroatoms. The highest BCUT2D eigenvalue weighted by molar-refractivity contribution is 6.03. The topological polar surface area (TPSA) is 25.8 Å². The molecule has 0 fully saturated rings. The van der Waals surface area contributed by atoms with E-state index in [1.807, 2.05) is 24.3 Å². The largest absolute Gasteiger partial charge is 0.150 e. The summed E-state index contributed by atoms with van der Waals surface area (Å²) < 4.78 is 0. The van der Waals surface area contributed by atoms with E-state index in [0.717, 1.165) is 11.0 Å². The molecule has 0 spiro atoms. The van der Waals surface area contributed by atoms with E-state index >= 15 is 0 Å². The molecule has 0 aliphatic rings. The average molecular weight is 194 g/mol. The minimum absolute atomic E-state index is 0.954. The Morgan fingerprint density at radius 3 is 2.40 bits per heavy atom. The van der Waals surface area contributed by atoms with Crippen molar-refractivity contribution in [2.24, 2.45) is 0 Å². The minimum atomic E-state index is 0.954. The van der Waals surface area contributed by atoms with Crippen molar-refractivity contribution in [1.29, 1.82) is 0 Å². The van der Waals surface area contributed by atoms with E-state index in [1.165, 1.54) is 16.3 Å². The van der Waals surface area contributed by atoms with Crippen molar-refractivity contribution in [3.63, 3.8) is 0 Å². The molecule has 0 atom stereocenters. The quantitative estimate of drug-likeness (QED) is 0.514. The van der Waals surface area contributed by atoms with Gasteiger partial charge in [-0.15, -0.1) is 10.2 Å². The summed E-state index contributed by atoms with van der Waals surface area (Å²) in [6.07, 6.45) is 0. The molecule has 2 nitrogen and oxygen atoms in total. The zero-order chi connectivity index (χ0) is 10.3. The lowest BCUT2D eigenvalue weighted by Gasteiger charge is -2.02. The summed E-state index contributed by atoms with van der Waals surface area (Å²) in [6.45, 7) is 2.09. The standard InChI is InChI=1S/C13H10N2/c1-9-6-7-13-11(8-9)10-4-2-3-5-12(10)14-15-13/h2-8H,1H3. The SMILES string of the molecule is Cc1ccc2nnc3ccccc3c2c1. The second-order valence-corrected chi connectivity index (χ2v) is 3.74. The van der Waals surface area contributed by atoms with Gasteiger partial charge in [-0.05, 0) is 25.1 Å². The number of aryl methyl sites for hydroxylation is 1. The van der Waals surface area contributed by atoms with Gasteiger partial charge in [0.2, 0.25) is 0 Å². The Bertz CT molecular complexity index is 644. The molecule has 15 heavy (non-hydrogen) atoms. The summed E-state index contributed by atoms with van der Waals surface area (Å²) in [5.74, 6) is 0. The van der Waals surface area contributed by atoms with Gasteiger partial charge in [-0.1, -0.05) is 29.8 Å². The first-order chi connectivity index (χ1) is 7.34. The third kappa shape index (κ3) is 1.26. The Hall–Kier alpha value is -1.96. The summed E-state index contributed by atoms with van der Waals surface area (Å²) >= 11 is 0. The summed E-state index contributed by atoms with van der Waals surface area (Å²) in [6, 6.07) is 14.3. The van der Waals surface area contributed by atoms with Crippen molar-refractivity contribution in [2.45, 2.75) is 6.92 Å². The van der Waals surface area contributed by atoms with Gasteiger partial charge in [-0.25, -0.2) is 0 Å². The lowest BCUT2D eigenvalue weighted by molar-refractivity contribution is 1.12. The lowest BCUT2D eigenvalue weighted by Crippen LogP contribution is -1.87. The number of nitrogens with zero attached hydrogens (tertiary/aromatic N) is 2. The van der Waals surface area contributed by atoms with Crippen LogP contribution in [0.4, 0.5) is 0 Å². The molecule has 3 aromatic rings. The highest BCUT2D eigenvalue weighted by atomic mass is 15.1. The van der Waals surface area contributed by atoms with Crippen LogP contribution < -0.4 is 0 Å². The molecule has 0 N–H and O–H groups in total. The normalized spacial score (nSPS) is 11.0.